The van der Waals surface area contributed by atoms with Gasteiger partial charge in [-0.15, -0.1) is 4.48 Å². The lowest BCUT2D eigenvalue weighted by atomic mass is 10.2. The van der Waals surface area contributed by atoms with E-state index in [1.165, 1.54) is 5.84 Å². The molecule has 0 radical (unpaired) electrons. The van der Waals surface area contributed by atoms with Gasteiger partial charge in [-0.2, -0.15) is 0 Å². The first-order valence-electron chi connectivity index (χ1n) is 4.80. The second-order valence-corrected chi connectivity index (χ2v) is 3.87. The van der Waals surface area contributed by atoms with Crippen LogP contribution in [0.15, 0.2) is 29.2 Å². The summed E-state index contributed by atoms with van der Waals surface area (Å²) in [6, 6.07) is 0. The van der Waals surface area contributed by atoms with Gasteiger partial charge in [-0.25, -0.2) is 0 Å². The van der Waals surface area contributed by atoms with Crippen LogP contribution in [0, 0.1) is 0 Å². The lowest BCUT2D eigenvalue weighted by Crippen LogP contribution is -2.55. The molecule has 3 rings (SSSR count). The van der Waals surface area contributed by atoms with Crippen LogP contribution in [0.2, 0.25) is 0 Å². The molecule has 1 saturated heterocycles. The van der Waals surface area contributed by atoms with Crippen LogP contribution in [0.4, 0.5) is 0 Å². The van der Waals surface area contributed by atoms with Crippen molar-refractivity contribution < 1.29 is 13.9 Å². The molecular formula is C10H13N3O+2. The van der Waals surface area contributed by atoms with E-state index in [4.69, 9.17) is 4.74 Å². The van der Waals surface area contributed by atoms with E-state index >= 15 is 0 Å². The minimum Gasteiger partial charge on any atom is -0.451 e. The minimum atomic E-state index is 0.632. The summed E-state index contributed by atoms with van der Waals surface area (Å²) in [6.45, 7) is 0.744. The van der Waals surface area contributed by atoms with Crippen LogP contribution in [0.1, 0.15) is 6.42 Å². The maximum absolute atomic E-state index is 5.67. The van der Waals surface area contributed by atoms with Crippen LogP contribution in [-0.2, 0) is 4.74 Å². The molecule has 0 N–H and O–H groups in total. The van der Waals surface area contributed by atoms with Crippen LogP contribution in [0.5, 0.6) is 0 Å². The van der Waals surface area contributed by atoms with E-state index in [1.54, 1.807) is 0 Å². The summed E-state index contributed by atoms with van der Waals surface area (Å²) < 4.78 is 8.24. The SMILES string of the molecule is C[N+]1=C2C=CC=C3OCCC(=N1)[N+]32C. The molecule has 0 bridgehead atoms. The first kappa shape index (κ1) is 7.94. The van der Waals surface area contributed by atoms with Crippen molar-refractivity contribution in [2.45, 2.75) is 6.42 Å². The molecule has 4 nitrogen and oxygen atoms in total. The second-order valence-electron chi connectivity index (χ2n) is 3.87. The van der Waals surface area contributed by atoms with Gasteiger partial charge in [-0.05, 0) is 10.8 Å². The average Bonchev–Trinajstić information content (AvgIpc) is 2.43. The number of nitrogens with zero attached hydrogens (tertiary/aromatic N) is 3. The van der Waals surface area contributed by atoms with Crippen molar-refractivity contribution in [1.29, 1.82) is 0 Å². The Morgan fingerprint density at radius 2 is 2.43 bits per heavy atom. The van der Waals surface area contributed by atoms with Crippen LogP contribution in [-0.4, -0.2) is 41.5 Å². The number of hydrogen-bond acceptors (Lipinski definition) is 2. The fraction of sp³-hybridized carbons (Fsp3) is 0.400. The normalized spacial score (nSPS) is 33.6. The smallest absolute Gasteiger partial charge is 0.407 e. The van der Waals surface area contributed by atoms with E-state index in [0.29, 0.717) is 4.48 Å². The summed E-state index contributed by atoms with van der Waals surface area (Å²) in [5.41, 5.74) is 0. The van der Waals surface area contributed by atoms with E-state index in [1.807, 2.05) is 23.9 Å². The van der Waals surface area contributed by atoms with Gasteiger partial charge >= 0.3 is 11.7 Å². The van der Waals surface area contributed by atoms with Gasteiger partial charge in [0, 0.05) is 6.08 Å². The molecule has 4 heteroatoms. The van der Waals surface area contributed by atoms with E-state index in [2.05, 4.69) is 18.2 Å². The fourth-order valence-electron chi connectivity index (χ4n) is 2.30. The summed E-state index contributed by atoms with van der Waals surface area (Å²) in [5, 5.41) is 4.54. The molecule has 3 heterocycles. The number of allylic oxidation sites excluding steroid dienone is 2. The van der Waals surface area contributed by atoms with Crippen molar-refractivity contribution in [2.75, 3.05) is 20.7 Å². The molecule has 1 atom stereocenters. The van der Waals surface area contributed by atoms with Crippen molar-refractivity contribution in [2.24, 2.45) is 5.10 Å². The Bertz CT molecular complexity index is 431. The van der Waals surface area contributed by atoms with E-state index < -0.39 is 0 Å². The van der Waals surface area contributed by atoms with Gasteiger partial charge in [0.25, 0.3) is 5.84 Å². The maximum Gasteiger partial charge on any atom is 0.407 e. The quantitative estimate of drug-likeness (QED) is 0.407. The van der Waals surface area contributed by atoms with Gasteiger partial charge in [0.15, 0.2) is 7.05 Å². The Balaban J connectivity index is 2.26. The Morgan fingerprint density at radius 1 is 1.57 bits per heavy atom. The zero-order valence-electron chi connectivity index (χ0n) is 8.40. The number of hydrazone groups is 1. The highest BCUT2D eigenvalue weighted by Crippen LogP contribution is 2.31. The van der Waals surface area contributed by atoms with Gasteiger partial charge in [0.2, 0.25) is 0 Å². The predicted molar refractivity (Wildman–Crippen MR) is 52.6 cm³/mol. The Kier molecular flexibility index (Phi) is 1.32. The summed E-state index contributed by atoms with van der Waals surface area (Å²) in [5.74, 6) is 3.32. The fourth-order valence-corrected chi connectivity index (χ4v) is 2.30. The van der Waals surface area contributed by atoms with Crippen LogP contribution >= 0.6 is 0 Å². The van der Waals surface area contributed by atoms with E-state index in [-0.39, 0.29) is 0 Å². The number of likely N-dealkylation sites (N-methyl/N-ethyl adjacent to an activating group) is 1. The third-order valence-electron chi connectivity index (χ3n) is 3.07. The molecule has 0 saturated carbocycles. The van der Waals surface area contributed by atoms with Gasteiger partial charge in [-0.3, -0.25) is 0 Å². The van der Waals surface area contributed by atoms with Crippen LogP contribution < -0.4 is 0 Å². The zero-order chi connectivity index (χ0) is 9.76. The topological polar surface area (TPSA) is 24.6 Å². The summed E-state index contributed by atoms with van der Waals surface area (Å²) in [4.78, 5) is 0. The third kappa shape index (κ3) is 0.726. The largest absolute Gasteiger partial charge is 0.451 e. The number of ether oxygens (including phenoxy) is 1. The summed E-state index contributed by atoms with van der Waals surface area (Å²) in [6.07, 6.45) is 7.05. The molecular weight excluding hydrogens is 178 g/mol. The summed E-state index contributed by atoms with van der Waals surface area (Å²) >= 11 is 0. The molecule has 1 fully saturated rings. The molecule has 0 spiro atoms. The van der Waals surface area contributed by atoms with Gasteiger partial charge < -0.3 is 4.74 Å². The van der Waals surface area contributed by atoms with Crippen molar-refractivity contribution >= 4 is 11.7 Å². The number of hydrogen-bond donors (Lipinski definition) is 0. The van der Waals surface area contributed by atoms with Gasteiger partial charge in [-0.1, -0.05) is 0 Å². The highest BCUT2D eigenvalue weighted by atomic mass is 16.5. The predicted octanol–water partition coefficient (Wildman–Crippen LogP) is 0.632. The maximum atomic E-state index is 5.67. The molecule has 3 aliphatic rings. The zero-order valence-corrected chi connectivity index (χ0v) is 8.40. The van der Waals surface area contributed by atoms with Gasteiger partial charge in [0.05, 0.1) is 24.6 Å². The molecule has 3 aliphatic heterocycles. The standard InChI is InChI=1S/C10H13N3O/c1-12-9-4-3-5-10-13(9,2)8(11-12)6-7-14-10/h3-5H,6-7H2,1-2H3/q+2. The third-order valence-corrected chi connectivity index (χ3v) is 3.07. The highest BCUT2D eigenvalue weighted by molar-refractivity contribution is 5.98. The Hall–Kier alpha value is -1.42. The van der Waals surface area contributed by atoms with Gasteiger partial charge in [0.1, 0.15) is 6.61 Å². The van der Waals surface area contributed by atoms with E-state index in [0.717, 1.165) is 24.7 Å². The van der Waals surface area contributed by atoms with Crippen molar-refractivity contribution in [1.82, 2.24) is 0 Å². The lowest BCUT2D eigenvalue weighted by molar-refractivity contribution is -0.724. The van der Waals surface area contributed by atoms with E-state index in [9.17, 15) is 0 Å². The molecule has 1 unspecified atom stereocenters. The highest BCUT2D eigenvalue weighted by Gasteiger charge is 2.55. The number of quaternary nitrogens is 1. The molecule has 0 aromatic rings. The van der Waals surface area contributed by atoms with Crippen LogP contribution in [0.25, 0.3) is 0 Å². The van der Waals surface area contributed by atoms with Crippen LogP contribution in [0.3, 0.4) is 0 Å². The molecule has 0 aromatic heterocycles. The lowest BCUT2D eigenvalue weighted by Gasteiger charge is -2.31. The Morgan fingerprint density at radius 3 is 3.29 bits per heavy atom. The molecule has 14 heavy (non-hydrogen) atoms. The second kappa shape index (κ2) is 2.33. The minimum absolute atomic E-state index is 0.632. The van der Waals surface area contributed by atoms with Crippen molar-refractivity contribution in [3.63, 3.8) is 0 Å². The van der Waals surface area contributed by atoms with Crippen molar-refractivity contribution in [3.05, 3.63) is 24.1 Å². The van der Waals surface area contributed by atoms with Crippen molar-refractivity contribution in [3.8, 4) is 0 Å². The first-order valence-corrected chi connectivity index (χ1v) is 4.80. The molecule has 0 aromatic carbocycles. The first-order chi connectivity index (χ1) is 6.73. The molecule has 0 aliphatic carbocycles. The average molecular weight is 191 g/mol. The molecule has 72 valence electrons. The number of rotatable bonds is 0. The molecule has 0 amide bonds. The number of amidine groups is 2. The summed E-state index contributed by atoms with van der Waals surface area (Å²) in [7, 11) is 4.11. The monoisotopic (exact) mass is 191 g/mol. The Labute approximate surface area is 82.7 Å².